The summed E-state index contributed by atoms with van der Waals surface area (Å²) in [5, 5.41) is 0.622. The molecule has 0 aliphatic carbocycles. The van der Waals surface area contributed by atoms with Crippen LogP contribution in [-0.4, -0.2) is 25.5 Å². The van der Waals surface area contributed by atoms with Crippen LogP contribution in [0.5, 0.6) is 0 Å². The Morgan fingerprint density at radius 3 is 2.31 bits per heavy atom. The first-order valence-corrected chi connectivity index (χ1v) is 11.3. The van der Waals surface area contributed by atoms with Gasteiger partial charge in [-0.15, -0.1) is 0 Å². The average Bonchev–Trinajstić information content (AvgIpc) is 3.17. The lowest BCUT2D eigenvalue weighted by Crippen LogP contribution is -2.16. The number of esters is 1. The summed E-state index contributed by atoms with van der Waals surface area (Å²) in [6.07, 6.45) is 0.339. The van der Waals surface area contributed by atoms with Crippen molar-refractivity contribution in [2.24, 2.45) is 0 Å². The summed E-state index contributed by atoms with van der Waals surface area (Å²) in [4.78, 5) is 15.6. The van der Waals surface area contributed by atoms with Gasteiger partial charge in [0.05, 0.1) is 29.7 Å². The molecule has 0 aliphatic heterocycles. The lowest BCUT2D eigenvalue weighted by atomic mass is 10.1. The van der Waals surface area contributed by atoms with Crippen LogP contribution >= 0.6 is 0 Å². The number of carbonyl (C=O) groups is 1. The van der Waals surface area contributed by atoms with Gasteiger partial charge in [0.1, 0.15) is 0 Å². The second kappa shape index (κ2) is 8.33. The van der Waals surface area contributed by atoms with E-state index in [9.17, 15) is 13.2 Å². The minimum absolute atomic E-state index is 0.183. The smallest absolute Gasteiger partial charge is 0.337 e. The summed E-state index contributed by atoms with van der Waals surface area (Å²) in [5.74, 6) is -0.489. The molecule has 0 radical (unpaired) electrons. The molecule has 0 unspecified atom stereocenters. The van der Waals surface area contributed by atoms with Gasteiger partial charge in [-0.3, -0.25) is 0 Å². The van der Waals surface area contributed by atoms with Crippen LogP contribution in [0.3, 0.4) is 0 Å². The van der Waals surface area contributed by atoms with E-state index in [0.717, 1.165) is 11.1 Å². The topological polar surface area (TPSA) is 69.7 Å². The fraction of sp³-hybridized carbons (Fsp3) is 0.120. The number of ether oxygens (including phenoxy) is 1. The maximum Gasteiger partial charge on any atom is 0.337 e. The van der Waals surface area contributed by atoms with E-state index in [-0.39, 0.29) is 4.90 Å². The molecular formula is C25H20N2O4S. The van der Waals surface area contributed by atoms with Crippen molar-refractivity contribution in [1.82, 2.24) is 3.97 Å². The summed E-state index contributed by atoms with van der Waals surface area (Å²) < 4.78 is 33.4. The average molecular weight is 445 g/mol. The lowest BCUT2D eigenvalue weighted by Gasteiger charge is -2.13. The van der Waals surface area contributed by atoms with E-state index in [1.54, 1.807) is 60.7 Å². The molecule has 0 bridgehead atoms. The van der Waals surface area contributed by atoms with E-state index >= 15 is 0 Å². The number of aromatic nitrogens is 1. The number of benzene rings is 3. The molecule has 0 N–H and O–H groups in total. The third-order valence-corrected chi connectivity index (χ3v) is 7.04. The fourth-order valence-electron chi connectivity index (χ4n) is 3.61. The van der Waals surface area contributed by atoms with Gasteiger partial charge in [-0.05, 0) is 48.9 Å². The second-order valence-electron chi connectivity index (χ2n) is 7.44. The highest BCUT2D eigenvalue weighted by atomic mass is 32.2. The van der Waals surface area contributed by atoms with Crippen LogP contribution in [-0.2, 0) is 21.2 Å². The molecule has 0 spiro atoms. The summed E-state index contributed by atoms with van der Waals surface area (Å²) in [7, 11) is -2.59. The van der Waals surface area contributed by atoms with Crippen LogP contribution in [0.15, 0.2) is 77.7 Å². The molecule has 0 atom stereocenters. The van der Waals surface area contributed by atoms with Crippen LogP contribution in [0, 0.1) is 13.5 Å². The standard InChI is InChI=1S/C25H20N2O4S/c1-17-4-11-23(12-5-17)32(29,30)27-22(14-18-6-9-21(26-2)10-7-18)16-20-15-19(25(28)31-3)8-13-24(20)27/h4-13,15-16H,14H2,1,3H3. The van der Waals surface area contributed by atoms with Crippen molar-refractivity contribution < 1.29 is 17.9 Å². The highest BCUT2D eigenvalue weighted by Crippen LogP contribution is 2.29. The van der Waals surface area contributed by atoms with Gasteiger partial charge in [-0.2, -0.15) is 0 Å². The Morgan fingerprint density at radius 1 is 1.00 bits per heavy atom. The summed E-state index contributed by atoms with van der Waals surface area (Å²) in [6, 6.07) is 20.3. The molecule has 0 aliphatic rings. The normalized spacial score (nSPS) is 11.3. The maximum absolute atomic E-state index is 13.6. The van der Waals surface area contributed by atoms with Crippen molar-refractivity contribution >= 4 is 32.6 Å². The van der Waals surface area contributed by atoms with Crippen LogP contribution in [0.2, 0.25) is 0 Å². The molecule has 4 rings (SSSR count). The van der Waals surface area contributed by atoms with Crippen molar-refractivity contribution in [3.63, 3.8) is 0 Å². The van der Waals surface area contributed by atoms with E-state index in [4.69, 9.17) is 11.3 Å². The van der Waals surface area contributed by atoms with Gasteiger partial charge in [0.15, 0.2) is 5.69 Å². The molecule has 0 amide bonds. The van der Waals surface area contributed by atoms with E-state index in [0.29, 0.717) is 34.3 Å². The van der Waals surface area contributed by atoms with Crippen molar-refractivity contribution in [2.75, 3.05) is 7.11 Å². The van der Waals surface area contributed by atoms with Gasteiger partial charge < -0.3 is 4.74 Å². The van der Waals surface area contributed by atoms with Crippen molar-refractivity contribution in [2.45, 2.75) is 18.2 Å². The maximum atomic E-state index is 13.6. The highest BCUT2D eigenvalue weighted by Gasteiger charge is 2.24. The van der Waals surface area contributed by atoms with Gasteiger partial charge in [-0.25, -0.2) is 22.0 Å². The number of fused-ring (bicyclic) bond motifs is 1. The number of rotatable bonds is 5. The van der Waals surface area contributed by atoms with E-state index < -0.39 is 16.0 Å². The van der Waals surface area contributed by atoms with Gasteiger partial charge in [0, 0.05) is 17.5 Å². The predicted molar refractivity (Wildman–Crippen MR) is 123 cm³/mol. The molecule has 7 heteroatoms. The Hall–Kier alpha value is -3.89. The van der Waals surface area contributed by atoms with E-state index in [1.165, 1.54) is 11.1 Å². The molecule has 1 heterocycles. The second-order valence-corrected chi connectivity index (χ2v) is 9.23. The Kier molecular flexibility index (Phi) is 5.56. The minimum Gasteiger partial charge on any atom is -0.465 e. The molecule has 4 aromatic rings. The monoisotopic (exact) mass is 444 g/mol. The quantitative estimate of drug-likeness (QED) is 0.317. The minimum atomic E-state index is -3.89. The van der Waals surface area contributed by atoms with Gasteiger partial charge in [0.25, 0.3) is 10.0 Å². The molecule has 0 fully saturated rings. The first kappa shape index (κ1) is 21.3. The number of aryl methyl sites for hydroxylation is 1. The predicted octanol–water partition coefficient (Wildman–Crippen LogP) is 5.11. The van der Waals surface area contributed by atoms with E-state index in [2.05, 4.69) is 4.85 Å². The number of hydrogen-bond acceptors (Lipinski definition) is 4. The largest absolute Gasteiger partial charge is 0.465 e. The van der Waals surface area contributed by atoms with Gasteiger partial charge in [0.2, 0.25) is 0 Å². The van der Waals surface area contributed by atoms with Gasteiger partial charge >= 0.3 is 5.97 Å². The summed E-state index contributed by atoms with van der Waals surface area (Å²) >= 11 is 0. The molecule has 3 aromatic carbocycles. The third kappa shape index (κ3) is 3.88. The van der Waals surface area contributed by atoms with Crippen LogP contribution < -0.4 is 0 Å². The van der Waals surface area contributed by atoms with Crippen molar-refractivity contribution in [3.8, 4) is 0 Å². The zero-order valence-corrected chi connectivity index (χ0v) is 18.4. The van der Waals surface area contributed by atoms with Crippen molar-refractivity contribution in [1.29, 1.82) is 0 Å². The Bertz CT molecular complexity index is 1460. The van der Waals surface area contributed by atoms with Crippen molar-refractivity contribution in [3.05, 3.63) is 107 Å². The van der Waals surface area contributed by atoms with Crippen LogP contribution in [0.1, 0.15) is 27.2 Å². The zero-order chi connectivity index (χ0) is 22.9. The first-order valence-electron chi connectivity index (χ1n) is 9.85. The van der Waals surface area contributed by atoms with Gasteiger partial charge in [-0.1, -0.05) is 42.0 Å². The molecule has 6 nitrogen and oxygen atoms in total. The molecule has 0 saturated heterocycles. The fourth-order valence-corrected chi connectivity index (χ4v) is 5.15. The van der Waals surface area contributed by atoms with Crippen LogP contribution in [0.4, 0.5) is 5.69 Å². The van der Waals surface area contributed by atoms with E-state index in [1.807, 2.05) is 19.1 Å². The number of methoxy groups -OCH3 is 1. The number of carbonyl (C=O) groups excluding carboxylic acids is 1. The van der Waals surface area contributed by atoms with Crippen LogP contribution in [0.25, 0.3) is 15.7 Å². The Labute approximate surface area is 186 Å². The number of nitrogens with zero attached hydrogens (tertiary/aromatic N) is 2. The summed E-state index contributed by atoms with van der Waals surface area (Å²) in [5.41, 5.74) is 3.73. The SMILES string of the molecule is [C-]#[N+]c1ccc(Cc2cc3cc(C(=O)OC)ccc3n2S(=O)(=O)c2ccc(C)cc2)cc1. The first-order chi connectivity index (χ1) is 15.3. The third-order valence-electron chi connectivity index (χ3n) is 5.26. The highest BCUT2D eigenvalue weighted by molar-refractivity contribution is 7.90. The molecular weight excluding hydrogens is 424 g/mol. The lowest BCUT2D eigenvalue weighted by molar-refractivity contribution is 0.0601. The zero-order valence-electron chi connectivity index (χ0n) is 17.6. The number of hydrogen-bond donors (Lipinski definition) is 0. The summed E-state index contributed by atoms with van der Waals surface area (Å²) in [6.45, 7) is 9.01. The molecule has 32 heavy (non-hydrogen) atoms. The molecule has 1 aromatic heterocycles. The Morgan fingerprint density at radius 2 is 1.69 bits per heavy atom. The Balaban J connectivity index is 1.91. The molecule has 0 saturated carbocycles. The molecule has 160 valence electrons.